The van der Waals surface area contributed by atoms with E-state index in [-0.39, 0.29) is 14.9 Å². The maximum Gasteiger partial charge on any atom is 0.242 e. The average molecular weight is 387 g/mol. The van der Waals surface area contributed by atoms with Gasteiger partial charge >= 0.3 is 0 Å². The van der Waals surface area contributed by atoms with Crippen LogP contribution in [0.4, 0.5) is 5.69 Å². The number of carbonyl (C=O) groups excluding carboxylic acids is 1. The number of amides is 1. The minimum atomic E-state index is -3.99. The Hall–Kier alpha value is -1.60. The van der Waals surface area contributed by atoms with E-state index in [1.807, 2.05) is 13.0 Å². The lowest BCUT2D eigenvalue weighted by molar-refractivity contribution is -0.117. The van der Waals surface area contributed by atoms with Gasteiger partial charge in [0.15, 0.2) is 0 Å². The van der Waals surface area contributed by atoms with Crippen LogP contribution in [0.25, 0.3) is 0 Å². The summed E-state index contributed by atoms with van der Waals surface area (Å²) in [6.07, 6.45) is 0. The molecule has 0 saturated carbocycles. The molecule has 0 heterocycles. The van der Waals surface area contributed by atoms with Gasteiger partial charge in [0.1, 0.15) is 4.90 Å². The highest BCUT2D eigenvalue weighted by atomic mass is 35.5. The van der Waals surface area contributed by atoms with Crippen molar-refractivity contribution in [3.8, 4) is 0 Å². The summed E-state index contributed by atoms with van der Waals surface area (Å²) < 4.78 is 27.1. The van der Waals surface area contributed by atoms with Crippen LogP contribution in [0.3, 0.4) is 0 Å². The van der Waals surface area contributed by atoms with E-state index in [1.165, 1.54) is 25.1 Å². The first-order valence-electron chi connectivity index (χ1n) is 7.04. The van der Waals surface area contributed by atoms with Crippen molar-refractivity contribution in [2.75, 3.05) is 5.32 Å². The zero-order chi connectivity index (χ0) is 17.9. The molecule has 2 aromatic carbocycles. The Kier molecular flexibility index (Phi) is 5.87. The second-order valence-corrected chi connectivity index (χ2v) is 7.80. The lowest BCUT2D eigenvalue weighted by atomic mass is 10.2. The van der Waals surface area contributed by atoms with Gasteiger partial charge in [-0.3, -0.25) is 4.79 Å². The van der Waals surface area contributed by atoms with Gasteiger partial charge in [0.25, 0.3) is 0 Å². The number of nitrogens with one attached hydrogen (secondary N) is 2. The molecule has 1 atom stereocenters. The first kappa shape index (κ1) is 18.7. The normalized spacial score (nSPS) is 12.7. The quantitative estimate of drug-likeness (QED) is 0.823. The van der Waals surface area contributed by atoms with Gasteiger partial charge in [-0.15, -0.1) is 0 Å². The number of benzene rings is 2. The molecule has 0 aliphatic carbocycles. The summed E-state index contributed by atoms with van der Waals surface area (Å²) in [5.74, 6) is -0.484. The Morgan fingerprint density at radius 3 is 2.50 bits per heavy atom. The lowest BCUT2D eigenvalue weighted by Crippen LogP contribution is -2.41. The van der Waals surface area contributed by atoms with Gasteiger partial charge in [0.2, 0.25) is 15.9 Å². The summed E-state index contributed by atoms with van der Waals surface area (Å²) in [6.45, 7) is 3.34. The highest BCUT2D eigenvalue weighted by molar-refractivity contribution is 7.89. The molecule has 0 aromatic heterocycles. The number of hydrogen-bond donors (Lipinski definition) is 2. The van der Waals surface area contributed by atoms with Gasteiger partial charge < -0.3 is 5.32 Å². The second kappa shape index (κ2) is 7.53. The summed E-state index contributed by atoms with van der Waals surface area (Å²) in [5, 5.41) is 2.92. The van der Waals surface area contributed by atoms with Crippen LogP contribution in [0.1, 0.15) is 12.5 Å². The number of hydrogen-bond acceptors (Lipinski definition) is 3. The van der Waals surface area contributed by atoms with Gasteiger partial charge in [0.05, 0.1) is 11.1 Å². The smallest absolute Gasteiger partial charge is 0.242 e. The third-order valence-corrected chi connectivity index (χ3v) is 5.45. The van der Waals surface area contributed by atoms with E-state index in [0.717, 1.165) is 5.56 Å². The first-order chi connectivity index (χ1) is 11.2. The molecule has 0 aliphatic heterocycles. The SMILES string of the molecule is Cc1cccc(NC(=O)[C@@H](C)NS(=O)(=O)c2cc(Cl)ccc2Cl)c1. The Balaban J connectivity index is 2.14. The van der Waals surface area contributed by atoms with Crippen molar-refractivity contribution >= 4 is 44.8 Å². The molecule has 128 valence electrons. The van der Waals surface area contributed by atoms with Crippen LogP contribution < -0.4 is 10.0 Å². The topological polar surface area (TPSA) is 75.3 Å². The van der Waals surface area contributed by atoms with E-state index < -0.39 is 22.0 Å². The monoisotopic (exact) mass is 386 g/mol. The van der Waals surface area contributed by atoms with Gasteiger partial charge in [-0.2, -0.15) is 4.72 Å². The Morgan fingerprint density at radius 1 is 1.12 bits per heavy atom. The molecule has 2 aromatic rings. The highest BCUT2D eigenvalue weighted by Crippen LogP contribution is 2.25. The molecule has 0 unspecified atom stereocenters. The highest BCUT2D eigenvalue weighted by Gasteiger charge is 2.24. The second-order valence-electron chi connectivity index (χ2n) is 5.28. The maximum absolute atomic E-state index is 12.4. The number of carbonyl (C=O) groups is 1. The molecule has 5 nitrogen and oxygen atoms in total. The minimum Gasteiger partial charge on any atom is -0.325 e. The summed E-state index contributed by atoms with van der Waals surface area (Å²) in [4.78, 5) is 12.0. The van der Waals surface area contributed by atoms with Crippen LogP contribution in [0.5, 0.6) is 0 Å². The summed E-state index contributed by atoms with van der Waals surface area (Å²) in [6, 6.07) is 10.3. The molecular weight excluding hydrogens is 371 g/mol. The Bertz CT molecular complexity index is 869. The Labute approximate surface area is 151 Å². The molecule has 0 radical (unpaired) electrons. The molecule has 2 N–H and O–H groups in total. The number of anilines is 1. The average Bonchev–Trinajstić information content (AvgIpc) is 2.49. The van der Waals surface area contributed by atoms with Crippen molar-refractivity contribution in [1.29, 1.82) is 0 Å². The molecule has 0 bridgehead atoms. The summed E-state index contributed by atoms with van der Waals surface area (Å²) in [7, 11) is -3.99. The van der Waals surface area contributed by atoms with Gasteiger partial charge in [-0.05, 0) is 49.7 Å². The molecule has 8 heteroatoms. The third kappa shape index (κ3) is 4.70. The largest absolute Gasteiger partial charge is 0.325 e. The zero-order valence-electron chi connectivity index (χ0n) is 13.0. The molecule has 0 aliphatic rings. The van der Waals surface area contributed by atoms with Gasteiger partial charge in [-0.1, -0.05) is 35.3 Å². The van der Waals surface area contributed by atoms with Crippen LogP contribution >= 0.6 is 23.2 Å². The van der Waals surface area contributed by atoms with Crippen molar-refractivity contribution in [3.05, 3.63) is 58.1 Å². The van der Waals surface area contributed by atoms with E-state index in [2.05, 4.69) is 10.0 Å². The number of sulfonamides is 1. The summed E-state index contributed by atoms with van der Waals surface area (Å²) >= 11 is 11.7. The first-order valence-corrected chi connectivity index (χ1v) is 9.28. The van der Waals surface area contributed by atoms with Gasteiger partial charge in [0, 0.05) is 10.7 Å². The molecular formula is C16H16Cl2N2O3S. The standard InChI is InChI=1S/C16H16Cl2N2O3S/c1-10-4-3-5-13(8-10)19-16(21)11(2)20-24(22,23)15-9-12(17)6-7-14(15)18/h3-9,11,20H,1-2H3,(H,19,21)/t11-/m1/s1. The predicted octanol–water partition coefficient (Wildman–Crippen LogP) is 3.61. The molecule has 0 spiro atoms. The Morgan fingerprint density at radius 2 is 1.83 bits per heavy atom. The van der Waals surface area contributed by atoms with Crippen molar-refractivity contribution in [3.63, 3.8) is 0 Å². The van der Waals surface area contributed by atoms with Crippen molar-refractivity contribution in [1.82, 2.24) is 4.72 Å². The molecule has 1 amide bonds. The van der Waals surface area contributed by atoms with E-state index in [9.17, 15) is 13.2 Å². The van der Waals surface area contributed by atoms with Crippen LogP contribution in [0, 0.1) is 6.92 Å². The molecule has 0 saturated heterocycles. The van der Waals surface area contributed by atoms with Crippen molar-refractivity contribution in [2.24, 2.45) is 0 Å². The van der Waals surface area contributed by atoms with Crippen LogP contribution in [0.15, 0.2) is 47.4 Å². The fraction of sp³-hybridized carbons (Fsp3) is 0.188. The number of rotatable bonds is 5. The van der Waals surface area contributed by atoms with Gasteiger partial charge in [-0.25, -0.2) is 8.42 Å². The lowest BCUT2D eigenvalue weighted by Gasteiger charge is -2.15. The predicted molar refractivity (Wildman–Crippen MR) is 96.1 cm³/mol. The van der Waals surface area contributed by atoms with E-state index in [1.54, 1.807) is 18.2 Å². The third-order valence-electron chi connectivity index (χ3n) is 3.19. The van der Waals surface area contributed by atoms with Crippen molar-refractivity contribution in [2.45, 2.75) is 24.8 Å². The summed E-state index contributed by atoms with van der Waals surface area (Å²) in [5.41, 5.74) is 1.57. The van der Waals surface area contributed by atoms with Crippen LogP contribution in [-0.2, 0) is 14.8 Å². The number of aryl methyl sites for hydroxylation is 1. The fourth-order valence-electron chi connectivity index (χ4n) is 2.01. The van der Waals surface area contributed by atoms with Crippen molar-refractivity contribution < 1.29 is 13.2 Å². The minimum absolute atomic E-state index is 0.0261. The van der Waals surface area contributed by atoms with E-state index in [4.69, 9.17) is 23.2 Å². The zero-order valence-corrected chi connectivity index (χ0v) is 15.3. The molecule has 2 rings (SSSR count). The van der Waals surface area contributed by atoms with Crippen LogP contribution in [-0.4, -0.2) is 20.4 Å². The van der Waals surface area contributed by atoms with E-state index >= 15 is 0 Å². The molecule has 0 fully saturated rings. The maximum atomic E-state index is 12.4. The number of halogens is 2. The van der Waals surface area contributed by atoms with Crippen LogP contribution in [0.2, 0.25) is 10.0 Å². The molecule has 24 heavy (non-hydrogen) atoms. The fourth-order valence-corrected chi connectivity index (χ4v) is 3.97. The van der Waals surface area contributed by atoms with E-state index in [0.29, 0.717) is 5.69 Å².